The van der Waals surface area contributed by atoms with Gasteiger partial charge in [0.25, 0.3) is 0 Å². The van der Waals surface area contributed by atoms with Crippen LogP contribution in [0.2, 0.25) is 0 Å². The summed E-state index contributed by atoms with van der Waals surface area (Å²) in [5.41, 5.74) is 1.85. The molecule has 0 unspecified atom stereocenters. The zero-order chi connectivity index (χ0) is 16.5. The number of aliphatic hydroxyl groups is 1. The Morgan fingerprint density at radius 3 is 2.17 bits per heavy atom. The predicted molar refractivity (Wildman–Crippen MR) is 91.0 cm³/mol. The number of carbonyl (C=O) groups excluding carboxylic acids is 1. The SMILES string of the molecule is CCOC(=O)C/C=C\[C@H](c1ccccc1)[C@H](O)c1ccccc1. The van der Waals surface area contributed by atoms with E-state index in [1.807, 2.05) is 66.7 Å². The number of benzene rings is 2. The lowest BCUT2D eigenvalue weighted by Gasteiger charge is -2.21. The van der Waals surface area contributed by atoms with Gasteiger partial charge in [-0.25, -0.2) is 0 Å². The topological polar surface area (TPSA) is 46.5 Å². The minimum atomic E-state index is -0.669. The van der Waals surface area contributed by atoms with E-state index >= 15 is 0 Å². The van der Waals surface area contributed by atoms with Crippen LogP contribution in [0.3, 0.4) is 0 Å². The molecule has 0 saturated carbocycles. The number of carbonyl (C=O) groups is 1. The van der Waals surface area contributed by atoms with E-state index in [1.165, 1.54) is 0 Å². The van der Waals surface area contributed by atoms with E-state index in [4.69, 9.17) is 4.74 Å². The van der Waals surface area contributed by atoms with Gasteiger partial charge in [0, 0.05) is 5.92 Å². The summed E-state index contributed by atoms with van der Waals surface area (Å²) in [5, 5.41) is 10.7. The second kappa shape index (κ2) is 8.91. The van der Waals surface area contributed by atoms with Crippen molar-refractivity contribution in [3.63, 3.8) is 0 Å². The smallest absolute Gasteiger partial charge is 0.309 e. The highest BCUT2D eigenvalue weighted by Gasteiger charge is 2.20. The first-order valence-corrected chi connectivity index (χ1v) is 7.82. The Hall–Kier alpha value is -2.39. The number of hydrogen-bond donors (Lipinski definition) is 1. The van der Waals surface area contributed by atoms with Crippen LogP contribution in [0.25, 0.3) is 0 Å². The minimum absolute atomic E-state index is 0.207. The average Bonchev–Trinajstić information content (AvgIpc) is 2.60. The van der Waals surface area contributed by atoms with E-state index in [0.29, 0.717) is 6.61 Å². The van der Waals surface area contributed by atoms with E-state index < -0.39 is 6.10 Å². The fourth-order valence-electron chi connectivity index (χ4n) is 2.46. The van der Waals surface area contributed by atoms with Crippen molar-refractivity contribution >= 4 is 5.97 Å². The molecule has 0 bridgehead atoms. The summed E-state index contributed by atoms with van der Waals surface area (Å²) in [4.78, 5) is 11.5. The van der Waals surface area contributed by atoms with Crippen molar-refractivity contribution in [2.24, 2.45) is 0 Å². The van der Waals surface area contributed by atoms with Gasteiger partial charge in [0.2, 0.25) is 0 Å². The number of esters is 1. The molecule has 0 aliphatic rings. The van der Waals surface area contributed by atoms with E-state index in [9.17, 15) is 9.90 Å². The van der Waals surface area contributed by atoms with Gasteiger partial charge >= 0.3 is 5.97 Å². The van der Waals surface area contributed by atoms with Crippen LogP contribution in [0, 0.1) is 0 Å². The molecular formula is C20H22O3. The summed E-state index contributed by atoms with van der Waals surface area (Å²) >= 11 is 0. The van der Waals surface area contributed by atoms with E-state index in [2.05, 4.69) is 0 Å². The van der Waals surface area contributed by atoms with Crippen molar-refractivity contribution in [3.05, 3.63) is 83.9 Å². The standard InChI is InChI=1S/C20H22O3/c1-2-23-19(21)15-9-14-18(16-10-5-3-6-11-16)20(22)17-12-7-4-8-13-17/h3-14,18,20,22H,2,15H2,1H3/b14-9-/t18-,20-/m1/s1. The van der Waals surface area contributed by atoms with Gasteiger partial charge in [-0.2, -0.15) is 0 Å². The largest absolute Gasteiger partial charge is 0.466 e. The van der Waals surface area contributed by atoms with Gasteiger partial charge in [0.05, 0.1) is 19.1 Å². The monoisotopic (exact) mass is 310 g/mol. The normalized spacial score (nSPS) is 13.7. The highest BCUT2D eigenvalue weighted by molar-refractivity contribution is 5.71. The molecule has 0 aromatic heterocycles. The van der Waals surface area contributed by atoms with Crippen LogP contribution >= 0.6 is 0 Å². The van der Waals surface area contributed by atoms with Crippen LogP contribution in [0.4, 0.5) is 0 Å². The zero-order valence-electron chi connectivity index (χ0n) is 13.3. The number of hydrogen-bond acceptors (Lipinski definition) is 3. The van der Waals surface area contributed by atoms with Crippen molar-refractivity contribution in [2.45, 2.75) is 25.4 Å². The van der Waals surface area contributed by atoms with Gasteiger partial charge in [0.15, 0.2) is 0 Å². The molecule has 0 saturated heterocycles. The molecule has 0 spiro atoms. The highest BCUT2D eigenvalue weighted by Crippen LogP contribution is 2.32. The van der Waals surface area contributed by atoms with Gasteiger partial charge in [0.1, 0.15) is 0 Å². The fourth-order valence-corrected chi connectivity index (χ4v) is 2.46. The maximum atomic E-state index is 11.5. The molecule has 3 nitrogen and oxygen atoms in total. The summed E-state index contributed by atoms with van der Waals surface area (Å²) in [7, 11) is 0. The van der Waals surface area contributed by atoms with E-state index in [1.54, 1.807) is 13.0 Å². The van der Waals surface area contributed by atoms with Gasteiger partial charge in [-0.05, 0) is 18.1 Å². The fraction of sp³-hybridized carbons (Fsp3) is 0.250. The second-order valence-electron chi connectivity index (χ2n) is 5.23. The van der Waals surface area contributed by atoms with Crippen LogP contribution in [0.15, 0.2) is 72.8 Å². The number of rotatable bonds is 7. The Balaban J connectivity index is 2.19. The van der Waals surface area contributed by atoms with Crippen LogP contribution in [-0.2, 0) is 9.53 Å². The Morgan fingerprint density at radius 1 is 1.04 bits per heavy atom. The van der Waals surface area contributed by atoms with Crippen LogP contribution < -0.4 is 0 Å². The Kier molecular flexibility index (Phi) is 6.57. The number of ether oxygens (including phenoxy) is 1. The van der Waals surface area contributed by atoms with Crippen molar-refractivity contribution < 1.29 is 14.6 Å². The van der Waals surface area contributed by atoms with E-state index in [-0.39, 0.29) is 18.3 Å². The lowest BCUT2D eigenvalue weighted by Crippen LogP contribution is -2.09. The Bertz CT molecular complexity index is 620. The van der Waals surface area contributed by atoms with Crippen molar-refractivity contribution in [3.8, 4) is 0 Å². The molecule has 0 radical (unpaired) electrons. The quantitative estimate of drug-likeness (QED) is 0.621. The zero-order valence-corrected chi connectivity index (χ0v) is 13.3. The van der Waals surface area contributed by atoms with E-state index in [0.717, 1.165) is 11.1 Å². The molecule has 2 rings (SSSR count). The Labute approximate surface area is 137 Å². The summed E-state index contributed by atoms with van der Waals surface area (Å²) in [6.07, 6.45) is 3.18. The second-order valence-corrected chi connectivity index (χ2v) is 5.23. The van der Waals surface area contributed by atoms with Gasteiger partial charge in [-0.15, -0.1) is 0 Å². The Morgan fingerprint density at radius 2 is 1.61 bits per heavy atom. The number of aliphatic hydroxyl groups excluding tert-OH is 1. The third kappa shape index (κ3) is 5.08. The van der Waals surface area contributed by atoms with Gasteiger partial charge < -0.3 is 9.84 Å². The lowest BCUT2D eigenvalue weighted by molar-refractivity contribution is -0.142. The maximum absolute atomic E-state index is 11.5. The molecule has 23 heavy (non-hydrogen) atoms. The maximum Gasteiger partial charge on any atom is 0.309 e. The summed E-state index contributed by atoms with van der Waals surface area (Å²) in [6, 6.07) is 19.3. The third-order valence-electron chi connectivity index (χ3n) is 3.60. The van der Waals surface area contributed by atoms with Crippen LogP contribution in [0.5, 0.6) is 0 Å². The van der Waals surface area contributed by atoms with Crippen LogP contribution in [-0.4, -0.2) is 17.7 Å². The first-order valence-electron chi connectivity index (χ1n) is 7.82. The first-order chi connectivity index (χ1) is 11.2. The summed E-state index contributed by atoms with van der Waals surface area (Å²) in [5.74, 6) is -0.474. The summed E-state index contributed by atoms with van der Waals surface area (Å²) < 4.78 is 4.92. The predicted octanol–water partition coefficient (Wildman–Crippen LogP) is 4.01. The summed E-state index contributed by atoms with van der Waals surface area (Å²) in [6.45, 7) is 2.16. The molecule has 2 atom stereocenters. The van der Waals surface area contributed by atoms with Gasteiger partial charge in [-0.3, -0.25) is 4.79 Å². The molecule has 3 heteroatoms. The molecule has 0 aliphatic heterocycles. The van der Waals surface area contributed by atoms with Crippen LogP contribution in [0.1, 0.15) is 36.5 Å². The molecule has 120 valence electrons. The third-order valence-corrected chi connectivity index (χ3v) is 3.60. The molecule has 2 aromatic rings. The molecule has 2 aromatic carbocycles. The van der Waals surface area contributed by atoms with Crippen molar-refractivity contribution in [1.29, 1.82) is 0 Å². The molecule has 0 aliphatic carbocycles. The van der Waals surface area contributed by atoms with Crippen molar-refractivity contribution in [2.75, 3.05) is 6.61 Å². The molecule has 1 N–H and O–H groups in total. The highest BCUT2D eigenvalue weighted by atomic mass is 16.5. The van der Waals surface area contributed by atoms with Gasteiger partial charge in [-0.1, -0.05) is 72.8 Å². The van der Waals surface area contributed by atoms with Crippen molar-refractivity contribution in [1.82, 2.24) is 0 Å². The molecule has 0 heterocycles. The molecule has 0 fully saturated rings. The first kappa shape index (κ1) is 17.0. The molecular weight excluding hydrogens is 288 g/mol. The average molecular weight is 310 g/mol. The lowest BCUT2D eigenvalue weighted by atomic mass is 9.88. The minimum Gasteiger partial charge on any atom is -0.466 e. The molecule has 0 amide bonds.